The Balaban J connectivity index is 1.66. The fraction of sp³-hybridized carbons (Fsp3) is 0.375. The zero-order valence-electron chi connectivity index (χ0n) is 11.6. The van der Waals surface area contributed by atoms with E-state index in [4.69, 9.17) is 0 Å². The molecule has 0 aromatic carbocycles. The second-order valence-corrected chi connectivity index (χ2v) is 6.59. The smallest absolute Gasteiger partial charge is 0.261 e. The number of fused-ring (bicyclic) bond motifs is 1. The molecule has 0 spiro atoms. The van der Waals surface area contributed by atoms with Gasteiger partial charge in [-0.3, -0.25) is 9.78 Å². The maximum absolute atomic E-state index is 12.2. The summed E-state index contributed by atoms with van der Waals surface area (Å²) in [5, 5.41) is 2.97. The summed E-state index contributed by atoms with van der Waals surface area (Å²) < 4.78 is 0. The van der Waals surface area contributed by atoms with Gasteiger partial charge in [0.05, 0.1) is 4.88 Å². The molecule has 0 bridgehead atoms. The molecule has 1 N–H and O–H groups in total. The van der Waals surface area contributed by atoms with E-state index in [9.17, 15) is 4.79 Å². The Morgan fingerprint density at radius 1 is 1.55 bits per heavy atom. The minimum atomic E-state index is 0.0286. The summed E-state index contributed by atoms with van der Waals surface area (Å²) in [5.41, 5.74) is 2.40. The minimum Gasteiger partial charge on any atom is -0.347 e. The molecule has 3 nitrogen and oxygen atoms in total. The number of thiophene rings is 1. The summed E-state index contributed by atoms with van der Waals surface area (Å²) in [6, 6.07) is 5.93. The van der Waals surface area contributed by atoms with Gasteiger partial charge in [0, 0.05) is 23.8 Å². The Morgan fingerprint density at radius 2 is 2.45 bits per heavy atom. The molecule has 3 rings (SSSR count). The molecule has 0 saturated heterocycles. The van der Waals surface area contributed by atoms with E-state index in [0.29, 0.717) is 6.54 Å². The third kappa shape index (κ3) is 2.90. The Hall–Kier alpha value is -1.68. The van der Waals surface area contributed by atoms with E-state index in [1.807, 2.05) is 12.1 Å². The van der Waals surface area contributed by atoms with Crippen LogP contribution in [0.25, 0.3) is 0 Å². The summed E-state index contributed by atoms with van der Waals surface area (Å²) in [4.78, 5) is 18.5. The number of hydrogen-bond acceptors (Lipinski definition) is 3. The number of nitrogens with one attached hydrogen (secondary N) is 1. The van der Waals surface area contributed by atoms with Crippen molar-refractivity contribution < 1.29 is 4.79 Å². The van der Waals surface area contributed by atoms with Gasteiger partial charge in [0.25, 0.3) is 5.91 Å². The van der Waals surface area contributed by atoms with E-state index >= 15 is 0 Å². The van der Waals surface area contributed by atoms with Crippen LogP contribution in [0.15, 0.2) is 30.6 Å². The Morgan fingerprint density at radius 3 is 3.25 bits per heavy atom. The molecule has 2 heterocycles. The number of aryl methyl sites for hydroxylation is 1. The number of amides is 1. The number of carbonyl (C=O) groups is 1. The highest BCUT2D eigenvalue weighted by molar-refractivity contribution is 7.14. The van der Waals surface area contributed by atoms with Gasteiger partial charge in [0.1, 0.15) is 0 Å². The monoisotopic (exact) mass is 286 g/mol. The maximum atomic E-state index is 12.2. The van der Waals surface area contributed by atoms with Crippen molar-refractivity contribution >= 4 is 17.2 Å². The maximum Gasteiger partial charge on any atom is 0.261 e. The summed E-state index contributed by atoms with van der Waals surface area (Å²) in [7, 11) is 0. The van der Waals surface area contributed by atoms with Gasteiger partial charge in [0.2, 0.25) is 0 Å². The topological polar surface area (TPSA) is 42.0 Å². The predicted molar refractivity (Wildman–Crippen MR) is 80.9 cm³/mol. The Bertz CT molecular complexity index is 606. The number of nitrogens with zero attached hydrogens (tertiary/aromatic N) is 1. The molecule has 2 aromatic rings. The lowest BCUT2D eigenvalue weighted by Gasteiger charge is -2.16. The third-order valence-corrected chi connectivity index (χ3v) is 4.96. The van der Waals surface area contributed by atoms with Crippen molar-refractivity contribution in [1.29, 1.82) is 0 Å². The zero-order chi connectivity index (χ0) is 13.9. The molecule has 0 unspecified atom stereocenters. The van der Waals surface area contributed by atoms with Crippen LogP contribution in [-0.2, 0) is 19.4 Å². The first-order valence-corrected chi connectivity index (χ1v) is 7.82. The lowest BCUT2D eigenvalue weighted by molar-refractivity contribution is 0.0955. The first-order valence-electron chi connectivity index (χ1n) is 7.01. The first-order chi connectivity index (χ1) is 9.72. The van der Waals surface area contributed by atoms with Crippen LogP contribution in [0.3, 0.4) is 0 Å². The second-order valence-electron chi connectivity index (χ2n) is 5.45. The molecule has 2 aromatic heterocycles. The molecule has 1 amide bonds. The van der Waals surface area contributed by atoms with E-state index < -0.39 is 0 Å². The summed E-state index contributed by atoms with van der Waals surface area (Å²) in [6.45, 7) is 2.81. The van der Waals surface area contributed by atoms with Crippen LogP contribution < -0.4 is 5.32 Å². The largest absolute Gasteiger partial charge is 0.347 e. The normalized spacial score (nSPS) is 17.6. The highest BCUT2D eigenvalue weighted by Crippen LogP contribution is 2.32. The molecule has 104 valence electrons. The van der Waals surface area contributed by atoms with Crippen molar-refractivity contribution in [3.63, 3.8) is 0 Å². The highest BCUT2D eigenvalue weighted by Gasteiger charge is 2.20. The van der Waals surface area contributed by atoms with Crippen molar-refractivity contribution in [1.82, 2.24) is 10.3 Å². The van der Waals surface area contributed by atoms with Crippen LogP contribution in [0, 0.1) is 5.92 Å². The van der Waals surface area contributed by atoms with Crippen LogP contribution in [0.5, 0.6) is 0 Å². The van der Waals surface area contributed by atoms with Crippen LogP contribution >= 0.6 is 11.3 Å². The number of hydrogen-bond donors (Lipinski definition) is 1. The fourth-order valence-electron chi connectivity index (χ4n) is 2.59. The van der Waals surface area contributed by atoms with Crippen molar-refractivity contribution in [3.8, 4) is 0 Å². The molecule has 0 radical (unpaired) electrons. The van der Waals surface area contributed by atoms with E-state index in [2.05, 4.69) is 23.3 Å². The van der Waals surface area contributed by atoms with Crippen molar-refractivity contribution in [2.24, 2.45) is 5.92 Å². The molecule has 20 heavy (non-hydrogen) atoms. The quantitative estimate of drug-likeness (QED) is 0.941. The van der Waals surface area contributed by atoms with Gasteiger partial charge in [-0.15, -0.1) is 11.3 Å². The van der Waals surface area contributed by atoms with Gasteiger partial charge in [0.15, 0.2) is 0 Å². The fourth-order valence-corrected chi connectivity index (χ4v) is 3.71. The predicted octanol–water partition coefficient (Wildman–Crippen LogP) is 3.20. The van der Waals surface area contributed by atoms with Gasteiger partial charge in [-0.25, -0.2) is 0 Å². The van der Waals surface area contributed by atoms with Gasteiger partial charge < -0.3 is 5.32 Å². The minimum absolute atomic E-state index is 0.0286. The highest BCUT2D eigenvalue weighted by atomic mass is 32.1. The zero-order valence-corrected chi connectivity index (χ0v) is 12.4. The summed E-state index contributed by atoms with van der Waals surface area (Å²) in [5.74, 6) is 0.768. The lowest BCUT2D eigenvalue weighted by Crippen LogP contribution is -2.21. The van der Waals surface area contributed by atoms with Crippen molar-refractivity contribution in [2.45, 2.75) is 32.7 Å². The Labute approximate surface area is 123 Å². The molecule has 1 aliphatic rings. The van der Waals surface area contributed by atoms with Gasteiger partial charge in [-0.05, 0) is 48.4 Å². The molecular formula is C16H18N2OS. The standard InChI is InChI=1S/C16H18N2OS/c1-11-4-5-14-13(7-11)8-15(20-14)16(19)18-10-12-3-2-6-17-9-12/h2-3,6,8-9,11H,4-5,7,10H2,1H3,(H,18,19)/t11-/m1/s1. The van der Waals surface area contributed by atoms with E-state index in [-0.39, 0.29) is 5.91 Å². The van der Waals surface area contributed by atoms with Gasteiger partial charge in [-0.1, -0.05) is 13.0 Å². The molecule has 1 aliphatic carbocycles. The molecule has 0 fully saturated rings. The van der Waals surface area contributed by atoms with Crippen molar-refractivity contribution in [2.75, 3.05) is 0 Å². The number of aromatic nitrogens is 1. The first kappa shape index (κ1) is 13.3. The van der Waals surface area contributed by atoms with E-state index in [1.54, 1.807) is 23.7 Å². The summed E-state index contributed by atoms with van der Waals surface area (Å²) >= 11 is 1.65. The van der Waals surface area contributed by atoms with Crippen LogP contribution in [0.2, 0.25) is 0 Å². The van der Waals surface area contributed by atoms with Crippen LogP contribution in [0.1, 0.15) is 39.0 Å². The van der Waals surface area contributed by atoms with Crippen LogP contribution in [-0.4, -0.2) is 10.9 Å². The van der Waals surface area contributed by atoms with Crippen molar-refractivity contribution in [3.05, 3.63) is 51.5 Å². The van der Waals surface area contributed by atoms with Gasteiger partial charge >= 0.3 is 0 Å². The average molecular weight is 286 g/mol. The molecule has 0 saturated carbocycles. The SMILES string of the molecule is C[C@@H]1CCc2sc(C(=O)NCc3cccnc3)cc2C1. The number of carbonyl (C=O) groups excluding carboxylic acids is 1. The van der Waals surface area contributed by atoms with E-state index in [1.165, 1.54) is 16.9 Å². The average Bonchev–Trinajstić information content (AvgIpc) is 2.89. The Kier molecular flexibility index (Phi) is 3.83. The summed E-state index contributed by atoms with van der Waals surface area (Å²) in [6.07, 6.45) is 6.99. The second kappa shape index (κ2) is 5.75. The van der Waals surface area contributed by atoms with E-state index in [0.717, 1.165) is 29.2 Å². The molecule has 4 heteroatoms. The molecular weight excluding hydrogens is 268 g/mol. The third-order valence-electron chi connectivity index (χ3n) is 3.73. The number of rotatable bonds is 3. The van der Waals surface area contributed by atoms with Crippen LogP contribution in [0.4, 0.5) is 0 Å². The van der Waals surface area contributed by atoms with Gasteiger partial charge in [-0.2, -0.15) is 0 Å². The lowest BCUT2D eigenvalue weighted by atomic mass is 9.90. The molecule has 1 atom stereocenters. The molecule has 0 aliphatic heterocycles. The number of pyridine rings is 1.